The van der Waals surface area contributed by atoms with Gasteiger partial charge in [0.25, 0.3) is 0 Å². The van der Waals surface area contributed by atoms with Crippen LogP contribution in [0.3, 0.4) is 0 Å². The van der Waals surface area contributed by atoms with E-state index in [0.29, 0.717) is 0 Å². The van der Waals surface area contributed by atoms with Crippen molar-refractivity contribution >= 4 is 12.0 Å². The lowest BCUT2D eigenvalue weighted by atomic mass is 10.0. The minimum Gasteiger partial charge on any atom is -0.420 e. The lowest BCUT2D eigenvalue weighted by Gasteiger charge is -2.19. The van der Waals surface area contributed by atoms with Crippen LogP contribution in [0.2, 0.25) is 0 Å². The van der Waals surface area contributed by atoms with E-state index < -0.39 is 0 Å². The van der Waals surface area contributed by atoms with Crippen LogP contribution in [0.1, 0.15) is 11.1 Å². The fraction of sp³-hybridized carbons (Fsp3) is 0.143. The molecule has 0 N–H and O–H groups in total. The van der Waals surface area contributed by atoms with Crippen LogP contribution in [0.5, 0.6) is 5.75 Å². The molecule has 1 aliphatic heterocycles. The van der Waals surface area contributed by atoms with Crippen molar-refractivity contribution in [1.82, 2.24) is 0 Å². The van der Waals surface area contributed by atoms with Gasteiger partial charge in [-0.3, -0.25) is 0 Å². The molecule has 2 heteroatoms. The first kappa shape index (κ1) is 9.79. The van der Waals surface area contributed by atoms with Crippen molar-refractivity contribution in [2.24, 2.45) is 0 Å². The number of rotatable bonds is 0. The van der Waals surface area contributed by atoms with E-state index in [0.717, 1.165) is 5.75 Å². The third kappa shape index (κ3) is 1.50. The molecule has 0 spiro atoms. The first-order chi connectivity index (χ1) is 7.74. The number of aryl methyl sites for hydroxylation is 2. The minimum atomic E-state index is 0.973. The van der Waals surface area contributed by atoms with Crippen LogP contribution in [0.4, 0.5) is 0 Å². The third-order valence-corrected chi connectivity index (χ3v) is 3.57. The maximum atomic E-state index is 5.70. The molecule has 0 bridgehead atoms. The van der Waals surface area contributed by atoms with E-state index in [1.807, 2.05) is 0 Å². The molecule has 16 heavy (non-hydrogen) atoms. The van der Waals surface area contributed by atoms with Gasteiger partial charge in [0, 0.05) is 11.1 Å². The Morgan fingerprint density at radius 3 is 2.38 bits per heavy atom. The minimum absolute atomic E-state index is 0.973. The van der Waals surface area contributed by atoms with E-state index in [-0.39, 0.29) is 0 Å². The zero-order valence-electron chi connectivity index (χ0n) is 9.28. The second-order valence-electron chi connectivity index (χ2n) is 4.17. The van der Waals surface area contributed by atoms with Gasteiger partial charge in [0.1, 0.15) is 5.75 Å². The Morgan fingerprint density at radius 1 is 0.875 bits per heavy atom. The Morgan fingerprint density at radius 2 is 1.56 bits per heavy atom. The van der Waals surface area contributed by atoms with Crippen LogP contribution in [-0.2, 0) is 0 Å². The van der Waals surface area contributed by atoms with Crippen molar-refractivity contribution in [1.29, 1.82) is 0 Å². The molecule has 0 aromatic heterocycles. The van der Waals surface area contributed by atoms with Crippen LogP contribution in [0, 0.1) is 13.8 Å². The quantitative estimate of drug-likeness (QED) is 0.619. The van der Waals surface area contributed by atoms with Crippen molar-refractivity contribution in [2.45, 2.75) is 18.7 Å². The number of hydrogen-bond acceptors (Lipinski definition) is 2. The average Bonchev–Trinajstić information content (AvgIpc) is 2.28. The topological polar surface area (TPSA) is 9.23 Å². The molecule has 0 fully saturated rings. The molecule has 0 unspecified atom stereocenters. The van der Waals surface area contributed by atoms with E-state index >= 15 is 0 Å². The van der Waals surface area contributed by atoms with Crippen molar-refractivity contribution in [3.63, 3.8) is 0 Å². The van der Waals surface area contributed by atoms with Crippen molar-refractivity contribution in [3.8, 4) is 16.9 Å². The van der Waals surface area contributed by atoms with Crippen molar-refractivity contribution in [2.75, 3.05) is 0 Å². The number of benzene rings is 2. The highest BCUT2D eigenvalue weighted by atomic mass is 32.2. The Kier molecular flexibility index (Phi) is 2.18. The van der Waals surface area contributed by atoms with Crippen LogP contribution in [0.25, 0.3) is 11.1 Å². The fourth-order valence-corrected chi connectivity index (χ4v) is 2.75. The summed E-state index contributed by atoms with van der Waals surface area (Å²) in [6.07, 6.45) is 0. The van der Waals surface area contributed by atoms with Gasteiger partial charge in [-0.2, -0.15) is 0 Å². The molecule has 1 heterocycles. The highest BCUT2D eigenvalue weighted by Crippen LogP contribution is 2.44. The highest BCUT2D eigenvalue weighted by Gasteiger charge is 2.18. The van der Waals surface area contributed by atoms with Crippen LogP contribution in [0.15, 0.2) is 41.3 Å². The zero-order valence-corrected chi connectivity index (χ0v) is 10.1. The fourth-order valence-electron chi connectivity index (χ4n) is 1.93. The van der Waals surface area contributed by atoms with Crippen LogP contribution < -0.4 is 4.18 Å². The predicted octanol–water partition coefficient (Wildman–Crippen LogP) is 4.37. The summed E-state index contributed by atoms with van der Waals surface area (Å²) in [4.78, 5) is 1.20. The summed E-state index contributed by atoms with van der Waals surface area (Å²) in [6, 6.07) is 12.8. The zero-order chi connectivity index (χ0) is 11.1. The Bertz CT molecular complexity index is 509. The molecule has 0 amide bonds. The van der Waals surface area contributed by atoms with E-state index in [4.69, 9.17) is 4.18 Å². The maximum Gasteiger partial charge on any atom is 0.146 e. The molecule has 1 nitrogen and oxygen atoms in total. The molecule has 1 aliphatic rings. The number of hydrogen-bond donors (Lipinski definition) is 0. The smallest absolute Gasteiger partial charge is 0.146 e. The lowest BCUT2D eigenvalue weighted by molar-refractivity contribution is 0.642. The van der Waals surface area contributed by atoms with Gasteiger partial charge in [0.15, 0.2) is 0 Å². The Labute approximate surface area is 99.7 Å². The summed E-state index contributed by atoms with van der Waals surface area (Å²) < 4.78 is 5.70. The standard InChI is InChI=1S/C14H12OS/c1-9-3-5-11-12-6-4-10(2)8-14(12)16-15-13(11)7-9/h3-8H,1-2H3. The van der Waals surface area contributed by atoms with E-state index in [9.17, 15) is 0 Å². The van der Waals surface area contributed by atoms with Gasteiger partial charge < -0.3 is 4.18 Å². The summed E-state index contributed by atoms with van der Waals surface area (Å²) in [5.74, 6) is 0.973. The first-order valence-electron chi connectivity index (χ1n) is 5.30. The second-order valence-corrected chi connectivity index (χ2v) is 4.94. The maximum absolute atomic E-state index is 5.70. The van der Waals surface area contributed by atoms with Crippen LogP contribution >= 0.6 is 12.0 Å². The highest BCUT2D eigenvalue weighted by molar-refractivity contribution is 7.95. The van der Waals surface area contributed by atoms with E-state index in [1.165, 1.54) is 39.2 Å². The molecule has 0 aliphatic carbocycles. The lowest BCUT2D eigenvalue weighted by Crippen LogP contribution is -1.96. The predicted molar refractivity (Wildman–Crippen MR) is 67.8 cm³/mol. The molecule has 2 aromatic rings. The normalized spacial score (nSPS) is 12.6. The van der Waals surface area contributed by atoms with Gasteiger partial charge in [-0.25, -0.2) is 0 Å². The summed E-state index contributed by atoms with van der Waals surface area (Å²) in [5.41, 5.74) is 4.97. The van der Waals surface area contributed by atoms with Gasteiger partial charge in [-0.15, -0.1) is 0 Å². The molecule has 2 aromatic carbocycles. The third-order valence-electron chi connectivity index (χ3n) is 2.79. The van der Waals surface area contributed by atoms with Gasteiger partial charge in [0.05, 0.1) is 16.9 Å². The van der Waals surface area contributed by atoms with Crippen molar-refractivity contribution in [3.05, 3.63) is 47.5 Å². The van der Waals surface area contributed by atoms with Gasteiger partial charge in [-0.05, 0) is 37.1 Å². The summed E-state index contributed by atoms with van der Waals surface area (Å²) in [6.45, 7) is 4.18. The van der Waals surface area contributed by atoms with E-state index in [2.05, 4.69) is 50.2 Å². The van der Waals surface area contributed by atoms with Crippen molar-refractivity contribution < 1.29 is 4.18 Å². The monoisotopic (exact) mass is 228 g/mol. The van der Waals surface area contributed by atoms with E-state index in [1.54, 1.807) is 0 Å². The summed E-state index contributed by atoms with van der Waals surface area (Å²) in [7, 11) is 0. The molecule has 0 saturated heterocycles. The second kappa shape index (κ2) is 3.56. The molecule has 3 rings (SSSR count). The Hall–Kier alpha value is -1.41. The molecule has 0 radical (unpaired) electrons. The molecule has 80 valence electrons. The van der Waals surface area contributed by atoms with Gasteiger partial charge in [-0.1, -0.05) is 24.3 Å². The molecule has 0 atom stereocenters. The van der Waals surface area contributed by atoms with Gasteiger partial charge in [0.2, 0.25) is 0 Å². The Balaban J connectivity index is 2.23. The summed E-state index contributed by atoms with van der Waals surface area (Å²) >= 11 is 1.45. The molecular weight excluding hydrogens is 216 g/mol. The van der Waals surface area contributed by atoms with Crippen LogP contribution in [-0.4, -0.2) is 0 Å². The van der Waals surface area contributed by atoms with Gasteiger partial charge >= 0.3 is 0 Å². The largest absolute Gasteiger partial charge is 0.420 e. The SMILES string of the molecule is Cc1ccc2c(c1)OSc1cc(C)ccc1-2. The molecule has 0 saturated carbocycles. The summed E-state index contributed by atoms with van der Waals surface area (Å²) in [5, 5.41) is 0. The molecular formula is C14H12OS. The average molecular weight is 228 g/mol. The number of fused-ring (bicyclic) bond motifs is 3. The first-order valence-corrected chi connectivity index (χ1v) is 6.04.